The molecule has 0 radical (unpaired) electrons. The van der Waals surface area contributed by atoms with Gasteiger partial charge in [-0.25, -0.2) is 8.78 Å². The van der Waals surface area contributed by atoms with E-state index in [1.165, 1.54) is 12.1 Å². The zero-order valence-corrected chi connectivity index (χ0v) is 11.1. The third-order valence-corrected chi connectivity index (χ3v) is 2.91. The van der Waals surface area contributed by atoms with Crippen LogP contribution in [0.4, 0.5) is 20.2 Å². The first-order valence-corrected chi connectivity index (χ1v) is 6.21. The molecule has 0 atom stereocenters. The first-order chi connectivity index (χ1) is 9.58. The van der Waals surface area contributed by atoms with E-state index in [0.29, 0.717) is 30.0 Å². The van der Waals surface area contributed by atoms with Crippen molar-refractivity contribution in [1.82, 2.24) is 0 Å². The van der Waals surface area contributed by atoms with Gasteiger partial charge in [0.1, 0.15) is 17.4 Å². The smallest absolute Gasteiger partial charge is 0.126 e. The fourth-order valence-corrected chi connectivity index (χ4v) is 1.93. The minimum absolute atomic E-state index is 0.500. The van der Waals surface area contributed by atoms with Crippen molar-refractivity contribution in [3.63, 3.8) is 0 Å². The summed E-state index contributed by atoms with van der Waals surface area (Å²) in [6.07, 6.45) is 0.500. The summed E-state index contributed by atoms with van der Waals surface area (Å²) < 4.78 is 31.1. The summed E-state index contributed by atoms with van der Waals surface area (Å²) in [7, 11) is 1.57. The van der Waals surface area contributed by atoms with Crippen molar-refractivity contribution >= 4 is 11.4 Å². The van der Waals surface area contributed by atoms with E-state index in [1.54, 1.807) is 25.3 Å². The van der Waals surface area contributed by atoms with E-state index < -0.39 is 11.6 Å². The number of nitrogens with one attached hydrogen (secondary N) is 1. The lowest BCUT2D eigenvalue weighted by molar-refractivity contribution is 0.415. The SMILES string of the molecule is COc1ccc(NCCc2cc(F)cc(F)c2)c(N)c1. The van der Waals surface area contributed by atoms with Crippen molar-refractivity contribution < 1.29 is 13.5 Å². The third-order valence-electron chi connectivity index (χ3n) is 2.91. The molecule has 0 aliphatic heterocycles. The number of anilines is 2. The molecule has 3 nitrogen and oxygen atoms in total. The van der Waals surface area contributed by atoms with Crippen molar-refractivity contribution in [1.29, 1.82) is 0 Å². The molecule has 0 fully saturated rings. The monoisotopic (exact) mass is 278 g/mol. The van der Waals surface area contributed by atoms with Gasteiger partial charge in [0.25, 0.3) is 0 Å². The number of nitrogens with two attached hydrogens (primary N) is 1. The second kappa shape index (κ2) is 6.23. The van der Waals surface area contributed by atoms with Crippen LogP contribution in [0.2, 0.25) is 0 Å². The average Bonchev–Trinajstić information content (AvgIpc) is 2.39. The summed E-state index contributed by atoms with van der Waals surface area (Å²) >= 11 is 0. The number of nitrogen functional groups attached to an aromatic ring is 1. The van der Waals surface area contributed by atoms with E-state index in [4.69, 9.17) is 10.5 Å². The van der Waals surface area contributed by atoms with Crippen LogP contribution in [0.25, 0.3) is 0 Å². The molecule has 2 aromatic rings. The highest BCUT2D eigenvalue weighted by molar-refractivity contribution is 5.68. The Morgan fingerprint density at radius 2 is 1.80 bits per heavy atom. The summed E-state index contributed by atoms with van der Waals surface area (Å²) in [6.45, 7) is 0.527. The summed E-state index contributed by atoms with van der Waals surface area (Å²) in [4.78, 5) is 0. The second-order valence-electron chi connectivity index (χ2n) is 4.41. The van der Waals surface area contributed by atoms with Crippen LogP contribution in [0.5, 0.6) is 5.75 Å². The molecule has 5 heteroatoms. The molecule has 0 aliphatic rings. The normalized spacial score (nSPS) is 10.3. The number of rotatable bonds is 5. The van der Waals surface area contributed by atoms with Crippen LogP contribution in [-0.4, -0.2) is 13.7 Å². The molecule has 0 unspecified atom stereocenters. The molecular formula is C15H16F2N2O. The Kier molecular flexibility index (Phi) is 4.40. The van der Waals surface area contributed by atoms with Crippen LogP contribution in [0, 0.1) is 11.6 Å². The number of hydrogen-bond donors (Lipinski definition) is 2. The number of halogens is 2. The van der Waals surface area contributed by atoms with E-state index in [2.05, 4.69) is 5.32 Å². The molecule has 0 heterocycles. The van der Waals surface area contributed by atoms with Crippen LogP contribution in [0.3, 0.4) is 0 Å². The minimum Gasteiger partial charge on any atom is -0.497 e. The zero-order chi connectivity index (χ0) is 14.5. The van der Waals surface area contributed by atoms with E-state index in [-0.39, 0.29) is 0 Å². The molecule has 3 N–H and O–H groups in total. The highest BCUT2D eigenvalue weighted by Crippen LogP contribution is 2.23. The van der Waals surface area contributed by atoms with Gasteiger partial charge in [-0.15, -0.1) is 0 Å². The maximum absolute atomic E-state index is 13.0. The Bertz CT molecular complexity index is 582. The van der Waals surface area contributed by atoms with Gasteiger partial charge in [0.15, 0.2) is 0 Å². The molecule has 0 aliphatic carbocycles. The van der Waals surface area contributed by atoms with Crippen LogP contribution >= 0.6 is 0 Å². The Balaban J connectivity index is 1.95. The summed E-state index contributed by atoms with van der Waals surface area (Å²) in [6, 6.07) is 8.81. The van der Waals surface area contributed by atoms with E-state index in [9.17, 15) is 8.78 Å². The number of methoxy groups -OCH3 is 1. The molecule has 2 rings (SSSR count). The molecule has 0 saturated carbocycles. The van der Waals surface area contributed by atoms with E-state index in [1.807, 2.05) is 0 Å². The minimum atomic E-state index is -0.566. The average molecular weight is 278 g/mol. The van der Waals surface area contributed by atoms with Crippen molar-refractivity contribution in [3.8, 4) is 5.75 Å². The predicted molar refractivity (Wildman–Crippen MR) is 76.0 cm³/mol. The highest BCUT2D eigenvalue weighted by Gasteiger charge is 2.03. The molecule has 0 aromatic heterocycles. The van der Waals surface area contributed by atoms with Crippen molar-refractivity contribution in [2.75, 3.05) is 24.7 Å². The summed E-state index contributed by atoms with van der Waals surface area (Å²) in [5, 5.41) is 3.13. The van der Waals surface area contributed by atoms with Crippen molar-refractivity contribution in [3.05, 3.63) is 53.6 Å². The van der Waals surface area contributed by atoms with Gasteiger partial charge in [-0.3, -0.25) is 0 Å². The van der Waals surface area contributed by atoms with Gasteiger partial charge >= 0.3 is 0 Å². The van der Waals surface area contributed by atoms with E-state index in [0.717, 1.165) is 11.8 Å². The van der Waals surface area contributed by atoms with Gasteiger partial charge in [-0.2, -0.15) is 0 Å². The molecule has 106 valence electrons. The fraction of sp³-hybridized carbons (Fsp3) is 0.200. The Morgan fingerprint density at radius 3 is 2.40 bits per heavy atom. The Hall–Kier alpha value is -2.30. The van der Waals surface area contributed by atoms with Crippen molar-refractivity contribution in [2.24, 2.45) is 0 Å². The maximum Gasteiger partial charge on any atom is 0.126 e. The lowest BCUT2D eigenvalue weighted by Crippen LogP contribution is -2.07. The lowest BCUT2D eigenvalue weighted by atomic mass is 10.1. The van der Waals surface area contributed by atoms with Gasteiger partial charge < -0.3 is 15.8 Å². The first kappa shape index (κ1) is 14.1. The molecule has 2 aromatic carbocycles. The van der Waals surface area contributed by atoms with Crippen LogP contribution in [0.1, 0.15) is 5.56 Å². The summed E-state index contributed by atoms with van der Waals surface area (Å²) in [5.74, 6) is -0.451. The van der Waals surface area contributed by atoms with Gasteiger partial charge in [-0.1, -0.05) is 0 Å². The molecule has 20 heavy (non-hydrogen) atoms. The molecule has 0 bridgehead atoms. The van der Waals surface area contributed by atoms with Gasteiger partial charge in [0.05, 0.1) is 18.5 Å². The molecule has 0 amide bonds. The summed E-state index contributed by atoms with van der Waals surface area (Å²) in [5.41, 5.74) is 7.79. The topological polar surface area (TPSA) is 47.3 Å². The molecular weight excluding hydrogens is 262 g/mol. The van der Waals surface area contributed by atoms with Crippen molar-refractivity contribution in [2.45, 2.75) is 6.42 Å². The fourth-order valence-electron chi connectivity index (χ4n) is 1.93. The van der Waals surface area contributed by atoms with Gasteiger partial charge in [-0.05, 0) is 36.2 Å². The highest BCUT2D eigenvalue weighted by atomic mass is 19.1. The van der Waals surface area contributed by atoms with Gasteiger partial charge in [0, 0.05) is 18.7 Å². The maximum atomic E-state index is 13.0. The second-order valence-corrected chi connectivity index (χ2v) is 4.41. The van der Waals surface area contributed by atoms with Crippen LogP contribution < -0.4 is 15.8 Å². The molecule has 0 saturated heterocycles. The van der Waals surface area contributed by atoms with E-state index >= 15 is 0 Å². The zero-order valence-electron chi connectivity index (χ0n) is 11.1. The number of benzene rings is 2. The lowest BCUT2D eigenvalue weighted by Gasteiger charge is -2.10. The standard InChI is InChI=1S/C15H16F2N2O/c1-20-13-2-3-15(14(18)9-13)19-5-4-10-6-11(16)8-12(17)7-10/h2-3,6-9,19H,4-5,18H2,1H3. The van der Waals surface area contributed by atoms with Gasteiger partial charge in [0.2, 0.25) is 0 Å². The quantitative estimate of drug-likeness (QED) is 0.826. The van der Waals surface area contributed by atoms with Crippen LogP contribution in [0.15, 0.2) is 36.4 Å². The molecule has 0 spiro atoms. The van der Waals surface area contributed by atoms with Crippen LogP contribution in [-0.2, 0) is 6.42 Å². The predicted octanol–water partition coefficient (Wildman–Crippen LogP) is 3.21. The third kappa shape index (κ3) is 3.60. The number of ether oxygens (including phenoxy) is 1. The first-order valence-electron chi connectivity index (χ1n) is 6.21. The Labute approximate surface area is 116 Å². The Morgan fingerprint density at radius 1 is 1.10 bits per heavy atom. The number of hydrogen-bond acceptors (Lipinski definition) is 3. The largest absolute Gasteiger partial charge is 0.497 e.